The molecule has 4 saturated heterocycles. The van der Waals surface area contributed by atoms with E-state index in [4.69, 9.17) is 66.3 Å². The molecule has 0 bridgehead atoms. The number of rotatable bonds is 66. The van der Waals surface area contributed by atoms with Crippen molar-refractivity contribution in [1.82, 2.24) is 58.5 Å². The summed E-state index contributed by atoms with van der Waals surface area (Å²) in [5.74, 6) is -4.66. The van der Waals surface area contributed by atoms with E-state index in [1.54, 1.807) is 0 Å². The summed E-state index contributed by atoms with van der Waals surface area (Å²) in [6, 6.07) is -3.33. The Kier molecular flexibility index (Phi) is 56.0. The lowest BCUT2D eigenvalue weighted by Crippen LogP contribution is -2.64. The molecule has 0 saturated carbocycles. The Labute approximate surface area is 734 Å². The normalized spacial score (nSPS) is 25.4. The van der Waals surface area contributed by atoms with Crippen LogP contribution in [0.25, 0.3) is 0 Å². The van der Waals surface area contributed by atoms with Crippen LogP contribution in [0.15, 0.2) is 0 Å². The predicted molar refractivity (Wildman–Crippen MR) is 440 cm³/mol. The monoisotopic (exact) mass is 1820 g/mol. The van der Waals surface area contributed by atoms with Crippen molar-refractivity contribution in [2.24, 2.45) is 0 Å². The second-order valence-electron chi connectivity index (χ2n) is 32.1. The van der Waals surface area contributed by atoms with Crippen molar-refractivity contribution in [2.75, 3.05) is 171 Å². The zero-order valence-electron chi connectivity index (χ0n) is 73.5. The summed E-state index contributed by atoms with van der Waals surface area (Å²) in [6.07, 6.45) is -13.2. The number of carbonyl (C=O) groups is 11. The van der Waals surface area contributed by atoms with Crippen molar-refractivity contribution in [1.29, 1.82) is 0 Å². The second kappa shape index (κ2) is 63.3. The Hall–Kier alpha value is -6.79. The molecule has 4 rings (SSSR count). The molecule has 18 atom stereocenters. The average molecular weight is 1820 g/mol. The van der Waals surface area contributed by atoms with Crippen molar-refractivity contribution in [3.8, 4) is 0 Å². The van der Waals surface area contributed by atoms with Gasteiger partial charge >= 0.3 is 0 Å². The molecule has 4 fully saturated rings. The van der Waals surface area contributed by atoms with Gasteiger partial charge in [0.2, 0.25) is 65.0 Å². The van der Waals surface area contributed by atoms with Crippen LogP contribution in [-0.2, 0) is 119 Å². The minimum Gasteiger partial charge on any atom is -0.394 e. The van der Waals surface area contributed by atoms with Gasteiger partial charge in [0.05, 0.1) is 110 Å². The number of nitrogens with one attached hydrogen (secondary N) is 11. The Morgan fingerprint density at radius 1 is 0.341 bits per heavy atom. The smallest absolute Gasteiger partial charge is 0.246 e. The maximum Gasteiger partial charge on any atom is 0.246 e. The first-order valence-corrected chi connectivity index (χ1v) is 43.3. The number of carbonyl (C=O) groups excluding carboxylic acids is 11. The number of amides is 11. The van der Waals surface area contributed by atoms with Crippen molar-refractivity contribution in [3.63, 3.8) is 0 Å². The lowest BCUT2D eigenvalue weighted by molar-refractivity contribution is -0.270. The fraction of sp³-hybridized carbons (Fsp3) is 0.863. The highest BCUT2D eigenvalue weighted by Gasteiger charge is 2.48. The summed E-state index contributed by atoms with van der Waals surface area (Å²) in [5, 5.41) is 131. The van der Waals surface area contributed by atoms with Crippen LogP contribution in [0, 0.1) is 0 Å². The van der Waals surface area contributed by atoms with E-state index in [2.05, 4.69) is 58.5 Å². The van der Waals surface area contributed by atoms with Crippen LogP contribution >= 0.6 is 0 Å². The fourth-order valence-electron chi connectivity index (χ4n) is 13.2. The summed E-state index contributed by atoms with van der Waals surface area (Å²) >= 11 is 0. The van der Waals surface area contributed by atoms with Gasteiger partial charge in [-0.1, -0.05) is 0 Å². The van der Waals surface area contributed by atoms with E-state index >= 15 is 0 Å². The van der Waals surface area contributed by atoms with Crippen molar-refractivity contribution in [2.45, 2.75) is 272 Å². The number of unbranched alkanes of at least 4 members (excludes halogenated alkanes) is 3. The van der Waals surface area contributed by atoms with Gasteiger partial charge in [0.25, 0.3) is 0 Å². The first-order valence-electron chi connectivity index (χ1n) is 43.3. The van der Waals surface area contributed by atoms with E-state index < -0.39 is 183 Å². The molecule has 46 nitrogen and oxygen atoms in total. The van der Waals surface area contributed by atoms with Crippen LogP contribution in [0.3, 0.4) is 0 Å². The van der Waals surface area contributed by atoms with E-state index in [0.717, 1.165) is 0 Å². The van der Waals surface area contributed by atoms with E-state index in [1.807, 2.05) is 20.8 Å². The highest BCUT2D eigenvalue weighted by molar-refractivity contribution is 5.80. The predicted octanol–water partition coefficient (Wildman–Crippen LogP) is -7.79. The lowest BCUT2D eigenvalue weighted by Gasteiger charge is -2.42. The zero-order chi connectivity index (χ0) is 92.8. The van der Waals surface area contributed by atoms with Crippen LogP contribution < -0.4 is 58.5 Å². The van der Waals surface area contributed by atoms with Gasteiger partial charge in [-0.05, 0) is 91.4 Å². The van der Waals surface area contributed by atoms with Gasteiger partial charge in [0, 0.05) is 125 Å². The molecule has 0 aromatic carbocycles. The van der Waals surface area contributed by atoms with Crippen LogP contribution in [0.4, 0.5) is 0 Å². The van der Waals surface area contributed by atoms with E-state index in [9.17, 15) is 104 Å². The SMILES string of the molecule is CC(=O)NC1C(OCCCCC(=O)NCCCNC(=O)CCOCC(COCCC(=O)NCCCNC(=O)CCCCOC2OC(CO)C(O)C(O)C2NC(C)=O)(COCCC(=O)NCCCNC(=O)CCCCOC2OC(CO)C(O)C(O)C2NC(C)=O)NC(=O)COCCOCCOCC(=O)NC[C@@H]2CC[C@H](O)[C@@H](COC(C)(C)C)O2)OC(CO)C(O)C1O. The topological polar surface area (TPSA) is 652 Å². The highest BCUT2D eigenvalue weighted by atomic mass is 16.7. The van der Waals surface area contributed by atoms with Gasteiger partial charge < -0.3 is 176 Å². The molecule has 728 valence electrons. The lowest BCUT2D eigenvalue weighted by atomic mass is 9.97. The molecule has 0 spiro atoms. The zero-order valence-corrected chi connectivity index (χ0v) is 73.5. The Morgan fingerprint density at radius 3 is 0.992 bits per heavy atom. The third-order valence-electron chi connectivity index (χ3n) is 19.9. The highest BCUT2D eigenvalue weighted by Crippen LogP contribution is 2.27. The molecule has 0 aromatic rings. The van der Waals surface area contributed by atoms with Gasteiger partial charge in [-0.3, -0.25) is 52.7 Å². The summed E-state index contributed by atoms with van der Waals surface area (Å²) in [5.41, 5.74) is -2.00. The summed E-state index contributed by atoms with van der Waals surface area (Å²) < 4.78 is 80.6. The molecule has 21 N–H and O–H groups in total. The van der Waals surface area contributed by atoms with Crippen molar-refractivity contribution >= 4 is 65.0 Å². The fourth-order valence-corrected chi connectivity index (χ4v) is 13.2. The van der Waals surface area contributed by atoms with Crippen LogP contribution in [0.5, 0.6) is 0 Å². The first-order chi connectivity index (χ1) is 60.2. The van der Waals surface area contributed by atoms with Crippen molar-refractivity contribution < 1.29 is 170 Å². The summed E-state index contributed by atoms with van der Waals surface area (Å²) in [7, 11) is 0. The number of aliphatic hydroxyl groups is 10. The molecule has 0 aliphatic carbocycles. The second-order valence-corrected chi connectivity index (χ2v) is 32.1. The van der Waals surface area contributed by atoms with Crippen LogP contribution in [0.2, 0.25) is 0 Å². The first kappa shape index (κ1) is 112. The molecule has 0 radical (unpaired) electrons. The van der Waals surface area contributed by atoms with Gasteiger partial charge in [-0.2, -0.15) is 0 Å². The summed E-state index contributed by atoms with van der Waals surface area (Å²) in [4.78, 5) is 139. The minimum atomic E-state index is -1.57. The van der Waals surface area contributed by atoms with Gasteiger partial charge in [-0.25, -0.2) is 0 Å². The molecular weight excluding hydrogens is 1670 g/mol. The molecule has 4 aliphatic rings. The van der Waals surface area contributed by atoms with Crippen LogP contribution in [-0.4, -0.2) is 409 Å². The van der Waals surface area contributed by atoms with Gasteiger partial charge in [0.1, 0.15) is 97.9 Å². The number of ether oxygens (including phenoxy) is 14. The molecule has 4 aliphatic heterocycles. The molecule has 11 amide bonds. The number of hydrogen-bond donors (Lipinski definition) is 21. The Balaban J connectivity index is 1.31. The number of aliphatic hydroxyl groups excluding tert-OH is 10. The molecular formula is C80H143N11O35. The van der Waals surface area contributed by atoms with Crippen LogP contribution in [0.1, 0.15) is 151 Å². The third-order valence-corrected chi connectivity index (χ3v) is 19.9. The van der Waals surface area contributed by atoms with E-state index in [0.29, 0.717) is 70.6 Å². The minimum absolute atomic E-state index is 0.0114. The summed E-state index contributed by atoms with van der Waals surface area (Å²) in [6.45, 7) is 6.91. The standard InChI is InChI=1S/C80H143N11O35/c1-50(95)88-67-73(110)70(107)55(41-92)124-76(67)119-30-10-7-16-59(99)81-24-13-27-84-62(102)21-33-116-47-80(91-66(106)46-115-39-37-113-36-38-114-45-65(105)87-40-53-19-20-54(98)58(123-53)44-122-79(4,5)6,48-117-34-22-63(103)85-28-14-25-82-60(100)17-8-11-31-120-77-68(89-51(2)96)74(111)71(108)56(42-93)125-77)49-118-35-23-64(104)86-29-15-26-83-61(101)18-9-12-32-121-78-69(90-52(3)97)75(112)72(109)57(43-94)126-78/h53-58,67-78,92-94,98,107-112H,7-49H2,1-6H3,(H,81,99)(H,82,100)(H,83,101)(H,84,102)(H,85,103)(H,86,104)(H,87,105)(H,88,95)(H,89,96)(H,90,97)(H,91,106)/t53-,54-,55?,56?,57?,58+,67?,68?,69?,70?,71?,72?,73?,74?,75?,76?,77?,78?,80?/m0/s1. The van der Waals surface area contributed by atoms with Crippen molar-refractivity contribution in [3.05, 3.63) is 0 Å². The molecule has 46 heteroatoms. The van der Waals surface area contributed by atoms with E-state index in [-0.39, 0.29) is 213 Å². The quantitative estimate of drug-likeness (QED) is 0.0252. The van der Waals surface area contributed by atoms with Gasteiger partial charge in [0.15, 0.2) is 18.9 Å². The molecule has 0 aromatic heterocycles. The third kappa shape index (κ3) is 46.6. The number of hydrogen-bond acceptors (Lipinski definition) is 35. The molecule has 126 heavy (non-hydrogen) atoms. The molecule has 15 unspecified atom stereocenters. The molecule has 4 heterocycles. The van der Waals surface area contributed by atoms with E-state index in [1.165, 1.54) is 20.8 Å². The maximum absolute atomic E-state index is 13.9. The Bertz CT molecular complexity index is 2910. The average Bonchev–Trinajstić information content (AvgIpc) is 0.815. The largest absolute Gasteiger partial charge is 0.394 e. The Morgan fingerprint density at radius 2 is 0.667 bits per heavy atom. The maximum atomic E-state index is 13.9. The van der Waals surface area contributed by atoms with Gasteiger partial charge in [-0.15, -0.1) is 0 Å².